The molecule has 1 aliphatic rings. The molecule has 0 amide bonds. The van der Waals surface area contributed by atoms with Gasteiger partial charge in [0.15, 0.2) is 0 Å². The average molecular weight is 269 g/mol. The van der Waals surface area contributed by atoms with E-state index in [-0.39, 0.29) is 11.1 Å². The fraction of sp³-hybridized carbons (Fsp3) is 0.167. The Hall–Kier alpha value is -1.26. The van der Waals surface area contributed by atoms with E-state index in [2.05, 4.69) is 16.7 Å². The molecule has 0 spiro atoms. The number of hydrogen-bond acceptors (Lipinski definition) is 3. The highest BCUT2D eigenvalue weighted by Gasteiger charge is 2.20. The maximum atomic E-state index is 13.3. The molecule has 0 saturated carbocycles. The van der Waals surface area contributed by atoms with Crippen molar-refractivity contribution in [3.8, 4) is 0 Å². The topological polar surface area (TPSA) is 24.1 Å². The van der Waals surface area contributed by atoms with Gasteiger partial charge in [0.1, 0.15) is 5.82 Å². The molecule has 17 heavy (non-hydrogen) atoms. The van der Waals surface area contributed by atoms with Gasteiger partial charge in [-0.05, 0) is 17.5 Å². The molecule has 0 aliphatic carbocycles. The number of thiophene rings is 1. The van der Waals surface area contributed by atoms with Crippen molar-refractivity contribution < 1.29 is 4.39 Å². The Kier molecular flexibility index (Phi) is 2.68. The summed E-state index contributed by atoms with van der Waals surface area (Å²) < 4.78 is 13.3. The van der Waals surface area contributed by atoms with Gasteiger partial charge in [-0.15, -0.1) is 11.3 Å². The fourth-order valence-electron chi connectivity index (χ4n) is 1.92. The van der Waals surface area contributed by atoms with Crippen LogP contribution >= 0.6 is 22.9 Å². The molecule has 1 unspecified atom stereocenters. The lowest BCUT2D eigenvalue weighted by atomic mass is 10.1. The van der Waals surface area contributed by atoms with E-state index in [0.29, 0.717) is 0 Å². The van der Waals surface area contributed by atoms with Gasteiger partial charge >= 0.3 is 0 Å². The van der Waals surface area contributed by atoms with Crippen LogP contribution in [0.3, 0.4) is 0 Å². The van der Waals surface area contributed by atoms with Crippen LogP contribution in [0.1, 0.15) is 10.9 Å². The number of hydrogen-bond donors (Lipinski definition) is 2. The number of fused-ring (bicyclic) bond motifs is 1. The molecule has 1 aromatic heterocycles. The molecule has 2 N–H and O–H groups in total. The molecular weight excluding hydrogens is 259 g/mol. The molecule has 2 aromatic rings. The second-order valence-electron chi connectivity index (χ2n) is 3.91. The molecule has 3 rings (SSSR count). The SMILES string of the molecule is Fc1cc2c(cc1Cl)NC(c1cccs1)CN2. The van der Waals surface area contributed by atoms with Crippen LogP contribution in [0.15, 0.2) is 29.6 Å². The Morgan fingerprint density at radius 2 is 2.24 bits per heavy atom. The van der Waals surface area contributed by atoms with Gasteiger partial charge in [0.25, 0.3) is 0 Å². The van der Waals surface area contributed by atoms with Crippen molar-refractivity contribution in [3.63, 3.8) is 0 Å². The second kappa shape index (κ2) is 4.20. The number of nitrogens with one attached hydrogen (secondary N) is 2. The van der Waals surface area contributed by atoms with Crippen LogP contribution in [0, 0.1) is 5.82 Å². The van der Waals surface area contributed by atoms with Crippen molar-refractivity contribution in [3.05, 3.63) is 45.4 Å². The number of halogens is 2. The van der Waals surface area contributed by atoms with E-state index in [1.54, 1.807) is 17.4 Å². The predicted molar refractivity (Wildman–Crippen MR) is 70.6 cm³/mol. The van der Waals surface area contributed by atoms with Gasteiger partial charge in [-0.1, -0.05) is 17.7 Å². The van der Waals surface area contributed by atoms with Crippen LogP contribution < -0.4 is 10.6 Å². The Morgan fingerprint density at radius 1 is 1.35 bits per heavy atom. The van der Waals surface area contributed by atoms with Gasteiger partial charge in [0.2, 0.25) is 0 Å². The lowest BCUT2D eigenvalue weighted by Gasteiger charge is -2.28. The van der Waals surface area contributed by atoms with Gasteiger partial charge in [0, 0.05) is 17.5 Å². The summed E-state index contributed by atoms with van der Waals surface area (Å²) in [6.07, 6.45) is 0. The summed E-state index contributed by atoms with van der Waals surface area (Å²) in [7, 11) is 0. The highest BCUT2D eigenvalue weighted by molar-refractivity contribution is 7.10. The third-order valence-corrected chi connectivity index (χ3v) is 4.05. The van der Waals surface area contributed by atoms with Gasteiger partial charge in [-0.2, -0.15) is 0 Å². The van der Waals surface area contributed by atoms with Crippen molar-refractivity contribution in [2.24, 2.45) is 0 Å². The van der Waals surface area contributed by atoms with Crippen LogP contribution in [0.25, 0.3) is 0 Å². The highest BCUT2D eigenvalue weighted by Crippen LogP contribution is 2.35. The standard InChI is InChI=1S/C12H10ClFN2S/c13-7-4-10-9(5-8(7)14)15-6-11(16-10)12-2-1-3-17-12/h1-5,11,15-16H,6H2. The molecular formula is C12H10ClFN2S. The lowest BCUT2D eigenvalue weighted by molar-refractivity contribution is 0.628. The van der Waals surface area contributed by atoms with Crippen LogP contribution in [-0.4, -0.2) is 6.54 Å². The third kappa shape index (κ3) is 1.98. The second-order valence-corrected chi connectivity index (χ2v) is 5.29. The van der Waals surface area contributed by atoms with Crippen molar-refractivity contribution in [2.45, 2.75) is 6.04 Å². The van der Waals surface area contributed by atoms with Crippen LogP contribution in [0.2, 0.25) is 5.02 Å². The first-order chi connectivity index (χ1) is 8.24. The van der Waals surface area contributed by atoms with Crippen molar-refractivity contribution >= 4 is 34.3 Å². The molecule has 0 radical (unpaired) electrons. The summed E-state index contributed by atoms with van der Waals surface area (Å²) in [6, 6.07) is 7.37. The molecule has 0 fully saturated rings. The first kappa shape index (κ1) is 10.9. The minimum Gasteiger partial charge on any atom is -0.381 e. The summed E-state index contributed by atoms with van der Waals surface area (Å²) in [4.78, 5) is 1.25. The van der Waals surface area contributed by atoms with Crippen molar-refractivity contribution in [2.75, 3.05) is 17.2 Å². The quantitative estimate of drug-likeness (QED) is 0.813. The van der Waals surface area contributed by atoms with E-state index < -0.39 is 5.82 Å². The van der Waals surface area contributed by atoms with Crippen LogP contribution in [-0.2, 0) is 0 Å². The lowest BCUT2D eigenvalue weighted by Crippen LogP contribution is -2.25. The minimum absolute atomic E-state index is 0.143. The van der Waals surface area contributed by atoms with E-state index >= 15 is 0 Å². The Balaban J connectivity index is 1.93. The number of rotatable bonds is 1. The van der Waals surface area contributed by atoms with E-state index in [9.17, 15) is 4.39 Å². The maximum Gasteiger partial charge on any atom is 0.143 e. The predicted octanol–water partition coefficient (Wildman–Crippen LogP) is 4.12. The normalized spacial score (nSPS) is 18.1. The molecule has 1 aliphatic heterocycles. The monoisotopic (exact) mass is 268 g/mol. The smallest absolute Gasteiger partial charge is 0.143 e. The molecule has 2 heterocycles. The van der Waals surface area contributed by atoms with Crippen molar-refractivity contribution in [1.29, 1.82) is 0 Å². The molecule has 88 valence electrons. The largest absolute Gasteiger partial charge is 0.381 e. The fourth-order valence-corrected chi connectivity index (χ4v) is 2.87. The first-order valence-corrected chi connectivity index (χ1v) is 6.52. The molecule has 1 aromatic carbocycles. The summed E-state index contributed by atoms with van der Waals surface area (Å²) in [5.74, 6) is -0.394. The van der Waals surface area contributed by atoms with E-state index in [1.807, 2.05) is 11.4 Å². The Labute approximate surface area is 107 Å². The summed E-state index contributed by atoms with van der Waals surface area (Å²) in [5.41, 5.74) is 1.61. The molecule has 2 nitrogen and oxygen atoms in total. The third-order valence-electron chi connectivity index (χ3n) is 2.77. The zero-order valence-electron chi connectivity index (χ0n) is 8.84. The molecule has 0 saturated heterocycles. The van der Waals surface area contributed by atoms with Gasteiger partial charge < -0.3 is 10.6 Å². The zero-order valence-corrected chi connectivity index (χ0v) is 10.4. The van der Waals surface area contributed by atoms with E-state index in [1.165, 1.54) is 10.9 Å². The summed E-state index contributed by atoms with van der Waals surface area (Å²) in [6.45, 7) is 0.745. The van der Waals surface area contributed by atoms with Gasteiger partial charge in [-0.3, -0.25) is 0 Å². The Bertz CT molecular complexity index is 542. The van der Waals surface area contributed by atoms with Gasteiger partial charge in [-0.25, -0.2) is 4.39 Å². The number of anilines is 2. The maximum absolute atomic E-state index is 13.3. The summed E-state index contributed by atoms with van der Waals surface area (Å²) in [5, 5.41) is 8.77. The zero-order chi connectivity index (χ0) is 11.8. The highest BCUT2D eigenvalue weighted by atomic mass is 35.5. The average Bonchev–Trinajstić information content (AvgIpc) is 2.83. The van der Waals surface area contributed by atoms with E-state index in [4.69, 9.17) is 11.6 Å². The number of benzene rings is 1. The molecule has 0 bridgehead atoms. The Morgan fingerprint density at radius 3 is 3.00 bits per heavy atom. The molecule has 5 heteroatoms. The van der Waals surface area contributed by atoms with Crippen molar-refractivity contribution in [1.82, 2.24) is 0 Å². The minimum atomic E-state index is -0.394. The molecule has 1 atom stereocenters. The van der Waals surface area contributed by atoms with Crippen LogP contribution in [0.4, 0.5) is 15.8 Å². The summed E-state index contributed by atoms with van der Waals surface area (Å²) >= 11 is 7.48. The van der Waals surface area contributed by atoms with Crippen LogP contribution in [0.5, 0.6) is 0 Å². The van der Waals surface area contributed by atoms with E-state index in [0.717, 1.165) is 17.9 Å². The van der Waals surface area contributed by atoms with Gasteiger partial charge in [0.05, 0.1) is 22.4 Å². The first-order valence-electron chi connectivity index (χ1n) is 5.27.